The van der Waals surface area contributed by atoms with Crippen LogP contribution in [0.5, 0.6) is 0 Å². The molecule has 3 rings (SSSR count). The molecular weight excluding hydrogens is 357 g/mol. The monoisotopic (exact) mass is 377 g/mol. The zero-order valence-electron chi connectivity index (χ0n) is 14.4. The Bertz CT molecular complexity index is 892. The van der Waals surface area contributed by atoms with Crippen LogP contribution in [0.1, 0.15) is 10.4 Å². The van der Waals surface area contributed by atoms with Gasteiger partial charge in [-0.15, -0.1) is 0 Å². The summed E-state index contributed by atoms with van der Waals surface area (Å²) in [5.41, 5.74) is 0.457. The lowest BCUT2D eigenvalue weighted by Gasteiger charge is -2.32. The van der Waals surface area contributed by atoms with E-state index in [4.69, 9.17) is 0 Å². The molecule has 26 heavy (non-hydrogen) atoms. The van der Waals surface area contributed by atoms with Gasteiger partial charge < -0.3 is 10.2 Å². The number of nitrogens with zero attached hydrogens (tertiary/aromatic N) is 2. The van der Waals surface area contributed by atoms with Gasteiger partial charge in [-0.05, 0) is 43.4 Å². The Morgan fingerprint density at radius 1 is 1.00 bits per heavy atom. The maximum absolute atomic E-state index is 13.0. The second kappa shape index (κ2) is 7.53. The molecule has 1 aliphatic heterocycles. The van der Waals surface area contributed by atoms with Gasteiger partial charge in [0.1, 0.15) is 10.7 Å². The summed E-state index contributed by atoms with van der Waals surface area (Å²) in [5.74, 6) is -0.939. The highest BCUT2D eigenvalue weighted by Crippen LogP contribution is 2.25. The fourth-order valence-corrected chi connectivity index (χ4v) is 4.33. The smallest absolute Gasteiger partial charge is 0.255 e. The summed E-state index contributed by atoms with van der Waals surface area (Å²) >= 11 is 0. The van der Waals surface area contributed by atoms with E-state index in [1.54, 1.807) is 18.2 Å². The summed E-state index contributed by atoms with van der Waals surface area (Å²) in [7, 11) is -1.77. The van der Waals surface area contributed by atoms with Gasteiger partial charge in [-0.25, -0.2) is 12.8 Å². The molecule has 0 bridgehead atoms. The average molecular weight is 377 g/mol. The van der Waals surface area contributed by atoms with Crippen LogP contribution in [-0.2, 0) is 10.0 Å². The molecule has 1 aliphatic rings. The summed E-state index contributed by atoms with van der Waals surface area (Å²) in [6.07, 6.45) is 0. The number of anilines is 1. The van der Waals surface area contributed by atoms with Crippen molar-refractivity contribution in [2.24, 2.45) is 0 Å². The Balaban J connectivity index is 1.86. The molecule has 0 aromatic heterocycles. The number of amides is 1. The minimum atomic E-state index is -3.72. The molecule has 1 fully saturated rings. The molecule has 0 spiro atoms. The Morgan fingerprint density at radius 3 is 2.27 bits per heavy atom. The first kappa shape index (κ1) is 18.5. The van der Waals surface area contributed by atoms with Crippen LogP contribution in [-0.4, -0.2) is 56.8 Å². The number of nitrogens with one attached hydrogen (secondary N) is 1. The number of rotatable bonds is 4. The number of benzene rings is 2. The van der Waals surface area contributed by atoms with Crippen LogP contribution >= 0.6 is 0 Å². The van der Waals surface area contributed by atoms with Crippen LogP contribution in [0.3, 0.4) is 0 Å². The maximum atomic E-state index is 13.0. The number of hydrogen-bond acceptors (Lipinski definition) is 4. The van der Waals surface area contributed by atoms with Gasteiger partial charge in [0.15, 0.2) is 0 Å². The highest BCUT2D eigenvalue weighted by molar-refractivity contribution is 7.89. The van der Waals surface area contributed by atoms with Crippen molar-refractivity contribution in [3.05, 3.63) is 59.9 Å². The number of carbonyl (C=O) groups excluding carboxylic acids is 1. The first-order valence-electron chi connectivity index (χ1n) is 8.22. The molecule has 1 heterocycles. The minimum Gasteiger partial charge on any atom is -0.321 e. The van der Waals surface area contributed by atoms with Gasteiger partial charge in [0.2, 0.25) is 10.0 Å². The molecular formula is C18H20FN3O3S. The standard InChI is InChI=1S/C18H20FN3O3S/c1-21-10-12-22(13-11-21)26(24,25)17-5-3-2-4-16(17)20-18(23)14-6-8-15(19)9-7-14/h2-9H,10-13H2,1H3,(H,20,23). The third-order valence-electron chi connectivity index (χ3n) is 4.32. The third-order valence-corrected chi connectivity index (χ3v) is 6.28. The fourth-order valence-electron chi connectivity index (χ4n) is 2.76. The fraction of sp³-hybridized carbons (Fsp3) is 0.278. The normalized spacial score (nSPS) is 16.4. The SMILES string of the molecule is CN1CCN(S(=O)(=O)c2ccccc2NC(=O)c2ccc(F)cc2)CC1. The van der Waals surface area contributed by atoms with Gasteiger partial charge in [-0.2, -0.15) is 4.31 Å². The predicted molar refractivity (Wildman–Crippen MR) is 97.1 cm³/mol. The Kier molecular flexibility index (Phi) is 5.36. The molecule has 0 aliphatic carbocycles. The first-order valence-corrected chi connectivity index (χ1v) is 9.66. The van der Waals surface area contributed by atoms with Crippen molar-refractivity contribution in [1.29, 1.82) is 0 Å². The van der Waals surface area contributed by atoms with E-state index in [-0.39, 0.29) is 16.1 Å². The van der Waals surface area contributed by atoms with E-state index in [9.17, 15) is 17.6 Å². The average Bonchev–Trinajstić information content (AvgIpc) is 2.63. The molecule has 0 unspecified atom stereocenters. The zero-order chi connectivity index (χ0) is 18.7. The number of para-hydroxylation sites is 1. The first-order chi connectivity index (χ1) is 12.4. The molecule has 0 radical (unpaired) electrons. The molecule has 6 nitrogen and oxygen atoms in total. The Labute approximate surface area is 152 Å². The van der Waals surface area contributed by atoms with E-state index in [1.807, 2.05) is 7.05 Å². The number of halogens is 1. The van der Waals surface area contributed by atoms with Gasteiger partial charge in [0.05, 0.1) is 5.69 Å². The van der Waals surface area contributed by atoms with Gasteiger partial charge in [-0.1, -0.05) is 12.1 Å². The van der Waals surface area contributed by atoms with Crippen molar-refractivity contribution in [3.63, 3.8) is 0 Å². The van der Waals surface area contributed by atoms with Gasteiger partial charge in [-0.3, -0.25) is 4.79 Å². The molecule has 0 saturated carbocycles. The van der Waals surface area contributed by atoms with E-state index in [2.05, 4.69) is 10.2 Å². The van der Waals surface area contributed by atoms with Crippen molar-refractivity contribution in [2.75, 3.05) is 38.5 Å². The molecule has 0 atom stereocenters. The zero-order valence-corrected chi connectivity index (χ0v) is 15.2. The lowest BCUT2D eigenvalue weighted by Crippen LogP contribution is -2.47. The molecule has 2 aromatic rings. The molecule has 1 N–H and O–H groups in total. The predicted octanol–water partition coefficient (Wildman–Crippen LogP) is 2.01. The maximum Gasteiger partial charge on any atom is 0.255 e. The Morgan fingerprint density at radius 2 is 1.62 bits per heavy atom. The van der Waals surface area contributed by atoms with E-state index >= 15 is 0 Å². The van der Waals surface area contributed by atoms with E-state index in [1.165, 1.54) is 34.6 Å². The van der Waals surface area contributed by atoms with E-state index in [0.717, 1.165) is 0 Å². The van der Waals surface area contributed by atoms with E-state index < -0.39 is 21.7 Å². The molecule has 1 saturated heterocycles. The third kappa shape index (κ3) is 3.92. The quantitative estimate of drug-likeness (QED) is 0.885. The van der Waals surface area contributed by atoms with Crippen molar-refractivity contribution in [2.45, 2.75) is 4.90 Å². The van der Waals surface area contributed by atoms with Gasteiger partial charge in [0.25, 0.3) is 5.91 Å². The number of hydrogen-bond donors (Lipinski definition) is 1. The second-order valence-corrected chi connectivity index (χ2v) is 8.07. The van der Waals surface area contributed by atoms with Gasteiger partial charge in [0, 0.05) is 31.7 Å². The molecule has 2 aromatic carbocycles. The summed E-state index contributed by atoms with van der Waals surface area (Å²) < 4.78 is 40.4. The molecule has 1 amide bonds. The highest BCUT2D eigenvalue weighted by Gasteiger charge is 2.29. The topological polar surface area (TPSA) is 69.7 Å². The van der Waals surface area contributed by atoms with Gasteiger partial charge >= 0.3 is 0 Å². The number of carbonyl (C=O) groups is 1. The summed E-state index contributed by atoms with van der Waals surface area (Å²) in [4.78, 5) is 14.5. The van der Waals surface area contributed by atoms with E-state index in [0.29, 0.717) is 26.2 Å². The second-order valence-electron chi connectivity index (χ2n) is 6.16. The van der Waals surface area contributed by atoms with Crippen LogP contribution in [0.15, 0.2) is 53.4 Å². The summed E-state index contributed by atoms with van der Waals surface area (Å²) in [5, 5.41) is 2.62. The lowest BCUT2D eigenvalue weighted by molar-refractivity contribution is 0.102. The minimum absolute atomic E-state index is 0.0556. The number of likely N-dealkylation sites (N-methyl/N-ethyl adjacent to an activating group) is 1. The van der Waals surface area contributed by atoms with Crippen molar-refractivity contribution >= 4 is 21.6 Å². The summed E-state index contributed by atoms with van der Waals surface area (Å²) in [6, 6.07) is 11.4. The van der Waals surface area contributed by atoms with Crippen LogP contribution in [0.25, 0.3) is 0 Å². The molecule has 138 valence electrons. The highest BCUT2D eigenvalue weighted by atomic mass is 32.2. The van der Waals surface area contributed by atoms with Crippen LogP contribution in [0.2, 0.25) is 0 Å². The van der Waals surface area contributed by atoms with Crippen molar-refractivity contribution in [1.82, 2.24) is 9.21 Å². The number of sulfonamides is 1. The van der Waals surface area contributed by atoms with Crippen molar-refractivity contribution in [3.8, 4) is 0 Å². The van der Waals surface area contributed by atoms with Crippen LogP contribution in [0.4, 0.5) is 10.1 Å². The van der Waals surface area contributed by atoms with Crippen molar-refractivity contribution < 1.29 is 17.6 Å². The summed E-state index contributed by atoms with van der Waals surface area (Å²) in [6.45, 7) is 2.12. The largest absolute Gasteiger partial charge is 0.321 e. The Hall–Kier alpha value is -2.29. The van der Waals surface area contributed by atoms with Crippen LogP contribution in [0, 0.1) is 5.82 Å². The number of piperazine rings is 1. The molecule has 8 heteroatoms. The lowest BCUT2D eigenvalue weighted by atomic mass is 10.2. The van der Waals surface area contributed by atoms with Crippen LogP contribution < -0.4 is 5.32 Å².